The smallest absolute Gasteiger partial charge is 0.132 e. The second kappa shape index (κ2) is 7.33. The summed E-state index contributed by atoms with van der Waals surface area (Å²) >= 11 is 1.70. The Hall–Kier alpha value is -1.14. The molecule has 1 aromatic carbocycles. The zero-order chi connectivity index (χ0) is 13.4. The van der Waals surface area contributed by atoms with Crippen molar-refractivity contribution in [3.05, 3.63) is 24.3 Å². The molecule has 1 rings (SSSR count). The molecule has 0 amide bonds. The van der Waals surface area contributed by atoms with Gasteiger partial charge in [-0.25, -0.2) is 0 Å². The van der Waals surface area contributed by atoms with Gasteiger partial charge in [0.1, 0.15) is 5.75 Å². The minimum atomic E-state index is -0.211. The van der Waals surface area contributed by atoms with Crippen LogP contribution in [0.15, 0.2) is 29.2 Å². The van der Waals surface area contributed by atoms with Crippen LogP contribution in [-0.4, -0.2) is 12.9 Å². The fourth-order valence-electron chi connectivity index (χ4n) is 1.65. The van der Waals surface area contributed by atoms with Crippen LogP contribution < -0.4 is 4.74 Å². The van der Waals surface area contributed by atoms with E-state index in [9.17, 15) is 0 Å². The quantitative estimate of drug-likeness (QED) is 0.536. The second-order valence-electron chi connectivity index (χ2n) is 4.95. The monoisotopic (exact) mass is 263 g/mol. The van der Waals surface area contributed by atoms with Gasteiger partial charge in [0, 0.05) is 4.90 Å². The van der Waals surface area contributed by atoms with Gasteiger partial charge in [0.05, 0.1) is 18.1 Å². The Labute approximate surface area is 114 Å². The first-order valence-electron chi connectivity index (χ1n) is 6.26. The Morgan fingerprint density at radius 2 is 2.00 bits per heavy atom. The third-order valence-corrected chi connectivity index (χ3v) is 3.60. The summed E-state index contributed by atoms with van der Waals surface area (Å²) in [5.74, 6) is 0.963. The largest absolute Gasteiger partial charge is 0.492 e. The van der Waals surface area contributed by atoms with Gasteiger partial charge in [-0.3, -0.25) is 0 Å². The van der Waals surface area contributed by atoms with E-state index in [1.807, 2.05) is 32.0 Å². The molecule has 0 spiro atoms. The molecule has 0 radical (unpaired) electrons. The van der Waals surface area contributed by atoms with Crippen molar-refractivity contribution >= 4 is 11.8 Å². The molecule has 0 bridgehead atoms. The van der Waals surface area contributed by atoms with E-state index in [4.69, 9.17) is 10.00 Å². The molecular formula is C15H21NOS. The number of nitrogens with zero attached hydrogens (tertiary/aromatic N) is 1. The number of nitriles is 1. The zero-order valence-electron chi connectivity index (χ0n) is 11.4. The predicted octanol–water partition coefficient (Wildman–Crippen LogP) is 4.51. The lowest BCUT2D eigenvalue weighted by Gasteiger charge is -2.14. The van der Waals surface area contributed by atoms with Crippen molar-refractivity contribution in [3.8, 4) is 11.8 Å². The summed E-state index contributed by atoms with van der Waals surface area (Å²) in [6.07, 6.45) is 5.00. The van der Waals surface area contributed by atoms with Crippen molar-refractivity contribution < 1.29 is 4.74 Å². The number of ether oxygens (including phenoxy) is 1. The summed E-state index contributed by atoms with van der Waals surface area (Å²) < 4.78 is 5.77. The maximum Gasteiger partial charge on any atom is 0.132 e. The topological polar surface area (TPSA) is 33.0 Å². The van der Waals surface area contributed by atoms with Gasteiger partial charge in [0.2, 0.25) is 0 Å². The number of hydrogen-bond acceptors (Lipinski definition) is 3. The molecule has 98 valence electrons. The number of hydrogen-bond donors (Lipinski definition) is 0. The van der Waals surface area contributed by atoms with Gasteiger partial charge in [-0.1, -0.05) is 12.1 Å². The Morgan fingerprint density at radius 3 is 2.67 bits per heavy atom. The van der Waals surface area contributed by atoms with Gasteiger partial charge in [0.15, 0.2) is 0 Å². The SMILES string of the molecule is CSc1ccccc1OCCCCC(C)(C)C#N. The number of unbranched alkanes of at least 4 members (excludes halogenated alkanes) is 1. The average molecular weight is 263 g/mol. The van der Waals surface area contributed by atoms with Crippen LogP contribution in [0.25, 0.3) is 0 Å². The summed E-state index contributed by atoms with van der Waals surface area (Å²) in [5, 5.41) is 8.91. The third-order valence-electron chi connectivity index (χ3n) is 2.83. The predicted molar refractivity (Wildman–Crippen MR) is 77.0 cm³/mol. The number of rotatable bonds is 7. The lowest BCUT2D eigenvalue weighted by molar-refractivity contribution is 0.289. The van der Waals surface area contributed by atoms with E-state index < -0.39 is 0 Å². The normalized spacial score (nSPS) is 11.0. The van der Waals surface area contributed by atoms with Crippen LogP contribution in [0.4, 0.5) is 0 Å². The first-order valence-corrected chi connectivity index (χ1v) is 7.48. The van der Waals surface area contributed by atoms with Crippen LogP contribution in [0, 0.1) is 16.7 Å². The van der Waals surface area contributed by atoms with Crippen LogP contribution in [0.1, 0.15) is 33.1 Å². The highest BCUT2D eigenvalue weighted by atomic mass is 32.2. The van der Waals surface area contributed by atoms with Crippen LogP contribution in [-0.2, 0) is 0 Å². The van der Waals surface area contributed by atoms with Gasteiger partial charge in [-0.2, -0.15) is 5.26 Å². The molecule has 0 aromatic heterocycles. The maximum absolute atomic E-state index is 8.91. The molecule has 0 aliphatic heterocycles. The van der Waals surface area contributed by atoms with Crippen molar-refractivity contribution in [3.63, 3.8) is 0 Å². The average Bonchev–Trinajstić information content (AvgIpc) is 2.38. The molecule has 3 heteroatoms. The van der Waals surface area contributed by atoms with Crippen molar-refractivity contribution in [2.75, 3.05) is 12.9 Å². The maximum atomic E-state index is 8.91. The van der Waals surface area contributed by atoms with Gasteiger partial charge < -0.3 is 4.74 Å². The lowest BCUT2D eigenvalue weighted by atomic mass is 9.89. The fourth-order valence-corrected chi connectivity index (χ4v) is 2.19. The van der Waals surface area contributed by atoms with E-state index in [2.05, 4.69) is 18.4 Å². The fraction of sp³-hybridized carbons (Fsp3) is 0.533. The molecule has 0 atom stereocenters. The molecule has 0 N–H and O–H groups in total. The van der Waals surface area contributed by atoms with Crippen molar-refractivity contribution in [1.82, 2.24) is 0 Å². The molecule has 0 fully saturated rings. The van der Waals surface area contributed by atoms with Crippen LogP contribution in [0.5, 0.6) is 5.75 Å². The van der Waals surface area contributed by atoms with Gasteiger partial charge in [0.25, 0.3) is 0 Å². The Balaban J connectivity index is 2.28. The van der Waals surface area contributed by atoms with E-state index in [0.717, 1.165) is 31.6 Å². The van der Waals surface area contributed by atoms with E-state index in [1.165, 1.54) is 4.90 Å². The van der Waals surface area contributed by atoms with Gasteiger partial charge in [-0.15, -0.1) is 11.8 Å². The Morgan fingerprint density at radius 1 is 1.28 bits per heavy atom. The molecule has 0 aliphatic rings. The van der Waals surface area contributed by atoms with Crippen molar-refractivity contribution in [2.45, 2.75) is 38.0 Å². The molecular weight excluding hydrogens is 242 g/mol. The Kier molecular flexibility index (Phi) is 6.07. The summed E-state index contributed by atoms with van der Waals surface area (Å²) in [7, 11) is 0. The van der Waals surface area contributed by atoms with E-state index in [-0.39, 0.29) is 5.41 Å². The summed E-state index contributed by atoms with van der Waals surface area (Å²) in [6, 6.07) is 10.4. The second-order valence-corrected chi connectivity index (χ2v) is 5.80. The van der Waals surface area contributed by atoms with Crippen molar-refractivity contribution in [1.29, 1.82) is 5.26 Å². The lowest BCUT2D eigenvalue weighted by Crippen LogP contribution is -2.08. The van der Waals surface area contributed by atoms with Gasteiger partial charge >= 0.3 is 0 Å². The molecule has 0 unspecified atom stereocenters. The highest BCUT2D eigenvalue weighted by Crippen LogP contribution is 2.27. The van der Waals surface area contributed by atoms with Crippen LogP contribution in [0.2, 0.25) is 0 Å². The molecule has 0 aliphatic carbocycles. The van der Waals surface area contributed by atoms with Crippen LogP contribution >= 0.6 is 11.8 Å². The zero-order valence-corrected chi connectivity index (χ0v) is 12.2. The summed E-state index contributed by atoms with van der Waals surface area (Å²) in [4.78, 5) is 1.18. The first-order chi connectivity index (χ1) is 8.59. The highest BCUT2D eigenvalue weighted by molar-refractivity contribution is 7.98. The van der Waals surface area contributed by atoms with E-state index in [1.54, 1.807) is 11.8 Å². The molecule has 0 heterocycles. The van der Waals surface area contributed by atoms with Crippen molar-refractivity contribution in [2.24, 2.45) is 5.41 Å². The van der Waals surface area contributed by atoms with E-state index in [0.29, 0.717) is 0 Å². The number of thioether (sulfide) groups is 1. The Bertz CT molecular complexity index is 409. The molecule has 2 nitrogen and oxygen atoms in total. The number of para-hydroxylation sites is 1. The van der Waals surface area contributed by atoms with Crippen LogP contribution in [0.3, 0.4) is 0 Å². The summed E-state index contributed by atoms with van der Waals surface area (Å²) in [6.45, 7) is 4.69. The third kappa shape index (κ3) is 5.01. The highest BCUT2D eigenvalue weighted by Gasteiger charge is 2.15. The molecule has 0 saturated carbocycles. The summed E-state index contributed by atoms with van der Waals surface area (Å²) in [5.41, 5.74) is -0.211. The van der Waals surface area contributed by atoms with E-state index >= 15 is 0 Å². The molecule has 1 aromatic rings. The first kappa shape index (κ1) is 14.9. The minimum absolute atomic E-state index is 0.211. The van der Waals surface area contributed by atoms with Gasteiger partial charge in [-0.05, 0) is 51.5 Å². The molecule has 18 heavy (non-hydrogen) atoms. The standard InChI is InChI=1S/C15H21NOS/c1-15(2,12-16)10-6-7-11-17-13-8-4-5-9-14(13)18-3/h4-5,8-9H,6-7,10-11H2,1-3H3. The number of benzene rings is 1. The minimum Gasteiger partial charge on any atom is -0.492 e. The molecule has 0 saturated heterocycles.